The molecule has 4 nitrogen and oxygen atoms in total. The van der Waals surface area contributed by atoms with Crippen molar-refractivity contribution in [2.75, 3.05) is 12.9 Å². The number of ether oxygens (including phenoxy) is 1. The molecule has 23 heavy (non-hydrogen) atoms. The Morgan fingerprint density at radius 1 is 1.13 bits per heavy atom. The average Bonchev–Trinajstić information content (AvgIpc) is 2.55. The van der Waals surface area contributed by atoms with Gasteiger partial charge < -0.3 is 10.1 Å². The summed E-state index contributed by atoms with van der Waals surface area (Å²) < 4.78 is 30.5. The summed E-state index contributed by atoms with van der Waals surface area (Å²) in [6.07, 6.45) is 0. The SMILES string of the molecule is COCc1ccc(CNC(=O)C[S@](=O)c2ccccc2F)cc1. The molecule has 0 bridgehead atoms. The van der Waals surface area contributed by atoms with Gasteiger partial charge in [0.15, 0.2) is 0 Å². The molecule has 0 aliphatic rings. The summed E-state index contributed by atoms with van der Waals surface area (Å²) in [4.78, 5) is 11.9. The van der Waals surface area contributed by atoms with Crippen molar-refractivity contribution in [1.29, 1.82) is 0 Å². The minimum atomic E-state index is -1.69. The molecule has 1 atom stereocenters. The molecule has 1 N–H and O–H groups in total. The monoisotopic (exact) mass is 335 g/mol. The Hall–Kier alpha value is -2.05. The number of benzene rings is 2. The van der Waals surface area contributed by atoms with Crippen LogP contribution in [0.4, 0.5) is 4.39 Å². The van der Waals surface area contributed by atoms with Gasteiger partial charge in [0.05, 0.1) is 22.3 Å². The molecule has 0 saturated heterocycles. The van der Waals surface area contributed by atoms with Crippen molar-refractivity contribution < 1.29 is 18.1 Å². The van der Waals surface area contributed by atoms with Gasteiger partial charge in [0.2, 0.25) is 5.91 Å². The highest BCUT2D eigenvalue weighted by molar-refractivity contribution is 7.85. The smallest absolute Gasteiger partial charge is 0.233 e. The molecule has 0 fully saturated rings. The van der Waals surface area contributed by atoms with E-state index in [1.807, 2.05) is 24.3 Å². The third-order valence-corrected chi connectivity index (χ3v) is 4.51. The van der Waals surface area contributed by atoms with Crippen molar-refractivity contribution in [3.05, 3.63) is 65.5 Å². The van der Waals surface area contributed by atoms with Crippen LogP contribution in [-0.2, 0) is 33.5 Å². The van der Waals surface area contributed by atoms with Gasteiger partial charge in [-0.2, -0.15) is 0 Å². The first-order valence-corrected chi connectivity index (χ1v) is 8.38. The Bertz CT molecular complexity index is 688. The number of carbonyl (C=O) groups is 1. The second-order valence-electron chi connectivity index (χ2n) is 4.95. The molecule has 0 unspecified atom stereocenters. The summed E-state index contributed by atoms with van der Waals surface area (Å²) in [6, 6.07) is 13.4. The van der Waals surface area contributed by atoms with Gasteiger partial charge in [-0.3, -0.25) is 9.00 Å². The maximum Gasteiger partial charge on any atom is 0.233 e. The Labute approximate surface area is 137 Å². The Balaban J connectivity index is 1.85. The van der Waals surface area contributed by atoms with Crippen molar-refractivity contribution in [2.45, 2.75) is 18.0 Å². The number of hydrogen-bond donors (Lipinski definition) is 1. The lowest BCUT2D eigenvalue weighted by atomic mass is 10.1. The third-order valence-electron chi connectivity index (χ3n) is 3.17. The highest BCUT2D eigenvalue weighted by Crippen LogP contribution is 2.11. The number of rotatable bonds is 7. The van der Waals surface area contributed by atoms with E-state index < -0.39 is 16.6 Å². The predicted octanol–water partition coefficient (Wildman–Crippen LogP) is 2.40. The van der Waals surface area contributed by atoms with Crippen LogP contribution >= 0.6 is 0 Å². The van der Waals surface area contributed by atoms with Crippen molar-refractivity contribution in [3.8, 4) is 0 Å². The molecule has 122 valence electrons. The maximum absolute atomic E-state index is 13.5. The summed E-state index contributed by atoms with van der Waals surface area (Å²) in [5.74, 6) is -1.21. The third kappa shape index (κ3) is 5.26. The predicted molar refractivity (Wildman–Crippen MR) is 86.7 cm³/mol. The minimum absolute atomic E-state index is 0.0477. The van der Waals surface area contributed by atoms with Gasteiger partial charge in [-0.1, -0.05) is 36.4 Å². The molecule has 0 aliphatic carbocycles. The lowest BCUT2D eigenvalue weighted by Gasteiger charge is -2.07. The van der Waals surface area contributed by atoms with E-state index in [2.05, 4.69) is 5.32 Å². The topological polar surface area (TPSA) is 55.4 Å². The van der Waals surface area contributed by atoms with Gasteiger partial charge >= 0.3 is 0 Å². The van der Waals surface area contributed by atoms with Gasteiger partial charge in [-0.05, 0) is 23.3 Å². The fourth-order valence-corrected chi connectivity index (χ4v) is 3.01. The summed E-state index contributed by atoms with van der Waals surface area (Å²) in [5.41, 5.74) is 1.97. The zero-order chi connectivity index (χ0) is 16.7. The van der Waals surface area contributed by atoms with Crippen LogP contribution in [0.1, 0.15) is 11.1 Å². The molecular formula is C17H18FNO3S. The summed E-state index contributed by atoms with van der Waals surface area (Å²) in [5, 5.41) is 2.68. The highest BCUT2D eigenvalue weighted by atomic mass is 32.2. The van der Waals surface area contributed by atoms with E-state index in [1.165, 1.54) is 18.2 Å². The quantitative estimate of drug-likeness (QED) is 0.845. The van der Waals surface area contributed by atoms with E-state index in [0.29, 0.717) is 13.2 Å². The molecule has 2 aromatic rings. The molecule has 0 radical (unpaired) electrons. The summed E-state index contributed by atoms with van der Waals surface area (Å²) in [6.45, 7) is 0.870. The number of amides is 1. The van der Waals surface area contributed by atoms with Crippen LogP contribution in [0.15, 0.2) is 53.4 Å². The zero-order valence-electron chi connectivity index (χ0n) is 12.8. The van der Waals surface area contributed by atoms with E-state index >= 15 is 0 Å². The Morgan fingerprint density at radius 2 is 1.78 bits per heavy atom. The van der Waals surface area contributed by atoms with E-state index in [0.717, 1.165) is 11.1 Å². The van der Waals surface area contributed by atoms with Crippen molar-refractivity contribution in [2.24, 2.45) is 0 Å². The van der Waals surface area contributed by atoms with Crippen molar-refractivity contribution in [3.63, 3.8) is 0 Å². The van der Waals surface area contributed by atoms with Crippen LogP contribution in [0.25, 0.3) is 0 Å². The van der Waals surface area contributed by atoms with E-state index in [4.69, 9.17) is 4.74 Å². The molecule has 6 heteroatoms. The van der Waals surface area contributed by atoms with Gasteiger partial charge in [0.25, 0.3) is 0 Å². The second-order valence-corrected chi connectivity index (χ2v) is 6.37. The largest absolute Gasteiger partial charge is 0.380 e. The highest BCUT2D eigenvalue weighted by Gasteiger charge is 2.13. The van der Waals surface area contributed by atoms with Crippen molar-refractivity contribution >= 4 is 16.7 Å². The Morgan fingerprint density at radius 3 is 2.43 bits per heavy atom. The molecular weight excluding hydrogens is 317 g/mol. The maximum atomic E-state index is 13.5. The molecule has 1 amide bonds. The summed E-state index contributed by atoms with van der Waals surface area (Å²) >= 11 is 0. The number of methoxy groups -OCH3 is 1. The van der Waals surface area contributed by atoms with E-state index in [-0.39, 0.29) is 16.6 Å². The van der Waals surface area contributed by atoms with E-state index in [9.17, 15) is 13.4 Å². The molecule has 0 spiro atoms. The number of halogens is 1. The average molecular weight is 335 g/mol. The van der Waals surface area contributed by atoms with Crippen LogP contribution in [0, 0.1) is 5.82 Å². The van der Waals surface area contributed by atoms with Crippen LogP contribution < -0.4 is 5.32 Å². The van der Waals surface area contributed by atoms with Crippen LogP contribution in [-0.4, -0.2) is 23.0 Å². The van der Waals surface area contributed by atoms with E-state index in [1.54, 1.807) is 13.2 Å². The summed E-state index contributed by atoms with van der Waals surface area (Å²) in [7, 11) is -0.0641. The second kappa shape index (κ2) is 8.55. The zero-order valence-corrected chi connectivity index (χ0v) is 13.6. The van der Waals surface area contributed by atoms with Crippen molar-refractivity contribution in [1.82, 2.24) is 5.32 Å². The minimum Gasteiger partial charge on any atom is -0.380 e. The fourth-order valence-electron chi connectivity index (χ4n) is 2.00. The molecule has 0 heterocycles. The number of hydrogen-bond acceptors (Lipinski definition) is 3. The fraction of sp³-hybridized carbons (Fsp3) is 0.235. The van der Waals surface area contributed by atoms with Crippen LogP contribution in [0.2, 0.25) is 0 Å². The molecule has 2 aromatic carbocycles. The normalized spacial score (nSPS) is 11.9. The Kier molecular flexibility index (Phi) is 6.43. The van der Waals surface area contributed by atoms with Crippen LogP contribution in [0.3, 0.4) is 0 Å². The first-order chi connectivity index (χ1) is 11.1. The first-order valence-electron chi connectivity index (χ1n) is 7.06. The van der Waals surface area contributed by atoms with Gasteiger partial charge in [0, 0.05) is 13.7 Å². The first kappa shape index (κ1) is 17.3. The number of carbonyl (C=O) groups excluding carboxylic acids is 1. The van der Waals surface area contributed by atoms with Crippen LogP contribution in [0.5, 0.6) is 0 Å². The molecule has 0 aromatic heterocycles. The molecule has 2 rings (SSSR count). The standard InChI is InChI=1S/C17H18FNO3S/c1-22-11-14-8-6-13(7-9-14)10-19-17(20)12-23(21)16-5-3-2-4-15(16)18/h2-9H,10-12H2,1H3,(H,19,20)/t23-/m0/s1. The lowest BCUT2D eigenvalue weighted by molar-refractivity contribution is -0.118. The van der Waals surface area contributed by atoms with Gasteiger partial charge in [-0.25, -0.2) is 4.39 Å². The number of nitrogens with one attached hydrogen (secondary N) is 1. The van der Waals surface area contributed by atoms with Gasteiger partial charge in [0.1, 0.15) is 11.6 Å². The lowest BCUT2D eigenvalue weighted by Crippen LogP contribution is -2.28. The molecule has 0 aliphatic heterocycles. The molecule has 0 saturated carbocycles. The van der Waals surface area contributed by atoms with Gasteiger partial charge in [-0.15, -0.1) is 0 Å².